The third-order valence-corrected chi connectivity index (χ3v) is 2.34. The number of hydrogen-bond acceptors (Lipinski definition) is 2. The van der Waals surface area contributed by atoms with Crippen LogP contribution < -0.4 is 0 Å². The summed E-state index contributed by atoms with van der Waals surface area (Å²) in [6.45, 7) is 7.29. The standard InChI is InChI=1S/C18H18O2/c1-3-5-13-17(18(19)20-15-4-2)14-9-12-16-10-7-6-8-11-16/h3-14H,1-2,15H2. The number of carbonyl (C=O) groups is 1. The Morgan fingerprint density at radius 2 is 1.90 bits per heavy atom. The van der Waals surface area contributed by atoms with Gasteiger partial charge in [-0.2, -0.15) is 0 Å². The lowest BCUT2D eigenvalue weighted by molar-refractivity contribution is -0.137. The van der Waals surface area contributed by atoms with Crippen LogP contribution in [0.4, 0.5) is 0 Å². The molecule has 0 saturated carbocycles. The minimum atomic E-state index is -0.388. The molecule has 0 saturated heterocycles. The summed E-state index contributed by atoms with van der Waals surface area (Å²) in [4.78, 5) is 11.8. The molecule has 0 bridgehead atoms. The molecule has 0 atom stereocenters. The van der Waals surface area contributed by atoms with Crippen LogP contribution in [0.25, 0.3) is 6.08 Å². The molecule has 2 heteroatoms. The maximum absolute atomic E-state index is 11.8. The van der Waals surface area contributed by atoms with Crippen molar-refractivity contribution in [2.75, 3.05) is 6.61 Å². The summed E-state index contributed by atoms with van der Waals surface area (Å²) in [6.07, 6.45) is 11.9. The van der Waals surface area contributed by atoms with Gasteiger partial charge in [0.1, 0.15) is 6.61 Å². The normalized spacial score (nSPS) is 11.7. The Bertz CT molecular complexity index is 534. The Balaban J connectivity index is 2.81. The van der Waals surface area contributed by atoms with Gasteiger partial charge in [0.05, 0.1) is 5.57 Å². The quantitative estimate of drug-likeness (QED) is 0.321. The Hall–Kier alpha value is -2.61. The van der Waals surface area contributed by atoms with E-state index < -0.39 is 0 Å². The van der Waals surface area contributed by atoms with Crippen molar-refractivity contribution in [3.8, 4) is 0 Å². The highest BCUT2D eigenvalue weighted by molar-refractivity contribution is 5.92. The smallest absolute Gasteiger partial charge is 0.338 e. The van der Waals surface area contributed by atoms with Gasteiger partial charge in [0.2, 0.25) is 0 Å². The molecule has 0 heterocycles. The second kappa shape index (κ2) is 9.34. The van der Waals surface area contributed by atoms with E-state index in [1.165, 1.54) is 6.08 Å². The SMILES string of the molecule is C=CC=CC(=CC=Cc1ccccc1)C(=O)OCC=C. The molecule has 0 aliphatic rings. The second-order valence-electron chi connectivity index (χ2n) is 3.87. The number of rotatable bonds is 7. The molecule has 0 spiro atoms. The molecule has 102 valence electrons. The van der Waals surface area contributed by atoms with Gasteiger partial charge in [-0.1, -0.05) is 73.9 Å². The van der Waals surface area contributed by atoms with Crippen molar-refractivity contribution in [2.45, 2.75) is 0 Å². The minimum Gasteiger partial charge on any atom is -0.458 e. The highest BCUT2D eigenvalue weighted by Crippen LogP contribution is 2.05. The van der Waals surface area contributed by atoms with Crippen LogP contribution in [0.15, 0.2) is 85.5 Å². The largest absolute Gasteiger partial charge is 0.458 e. The molecule has 0 aliphatic carbocycles. The summed E-state index contributed by atoms with van der Waals surface area (Å²) in [6, 6.07) is 9.85. The number of esters is 1. The molecule has 0 aliphatic heterocycles. The van der Waals surface area contributed by atoms with E-state index in [-0.39, 0.29) is 12.6 Å². The number of hydrogen-bond donors (Lipinski definition) is 0. The summed E-state index contributed by atoms with van der Waals surface area (Å²) in [5.74, 6) is -0.388. The van der Waals surface area contributed by atoms with Gasteiger partial charge in [0.25, 0.3) is 0 Å². The van der Waals surface area contributed by atoms with E-state index in [1.54, 1.807) is 24.3 Å². The van der Waals surface area contributed by atoms with E-state index in [1.807, 2.05) is 42.5 Å². The van der Waals surface area contributed by atoms with Gasteiger partial charge in [-0.25, -0.2) is 4.79 Å². The van der Waals surface area contributed by atoms with Crippen LogP contribution in [0.2, 0.25) is 0 Å². The van der Waals surface area contributed by atoms with Gasteiger partial charge < -0.3 is 4.74 Å². The molecule has 20 heavy (non-hydrogen) atoms. The number of carbonyl (C=O) groups excluding carboxylic acids is 1. The fraction of sp³-hybridized carbons (Fsp3) is 0.0556. The average molecular weight is 266 g/mol. The van der Waals surface area contributed by atoms with Crippen molar-refractivity contribution < 1.29 is 9.53 Å². The first-order chi connectivity index (χ1) is 9.77. The molecule has 0 radical (unpaired) electrons. The van der Waals surface area contributed by atoms with Crippen molar-refractivity contribution in [2.24, 2.45) is 0 Å². The van der Waals surface area contributed by atoms with Crippen LogP contribution in [0, 0.1) is 0 Å². The fourth-order valence-electron chi connectivity index (χ4n) is 1.41. The lowest BCUT2D eigenvalue weighted by Gasteiger charge is -2.01. The van der Waals surface area contributed by atoms with Crippen molar-refractivity contribution in [3.05, 3.63) is 91.1 Å². The highest BCUT2D eigenvalue weighted by atomic mass is 16.5. The lowest BCUT2D eigenvalue weighted by atomic mass is 10.2. The second-order valence-corrected chi connectivity index (χ2v) is 3.87. The topological polar surface area (TPSA) is 26.3 Å². The van der Waals surface area contributed by atoms with Crippen molar-refractivity contribution in [1.29, 1.82) is 0 Å². The summed E-state index contributed by atoms with van der Waals surface area (Å²) >= 11 is 0. The van der Waals surface area contributed by atoms with E-state index in [2.05, 4.69) is 13.2 Å². The Labute approximate surface area is 120 Å². The van der Waals surface area contributed by atoms with Crippen LogP contribution in [-0.2, 0) is 9.53 Å². The van der Waals surface area contributed by atoms with Crippen LogP contribution in [-0.4, -0.2) is 12.6 Å². The van der Waals surface area contributed by atoms with E-state index in [4.69, 9.17) is 4.74 Å². The van der Waals surface area contributed by atoms with Crippen molar-refractivity contribution in [3.63, 3.8) is 0 Å². The van der Waals surface area contributed by atoms with E-state index >= 15 is 0 Å². The minimum absolute atomic E-state index is 0.195. The van der Waals surface area contributed by atoms with Crippen LogP contribution in [0.1, 0.15) is 5.56 Å². The summed E-state index contributed by atoms with van der Waals surface area (Å²) in [5, 5.41) is 0. The van der Waals surface area contributed by atoms with Gasteiger partial charge in [0, 0.05) is 0 Å². The molecule has 0 amide bonds. The summed E-state index contributed by atoms with van der Waals surface area (Å²) < 4.78 is 5.01. The van der Waals surface area contributed by atoms with Crippen LogP contribution in [0.3, 0.4) is 0 Å². The van der Waals surface area contributed by atoms with Gasteiger partial charge in [-0.05, 0) is 17.7 Å². The molecule has 1 aromatic rings. The molecule has 0 unspecified atom stereocenters. The fourth-order valence-corrected chi connectivity index (χ4v) is 1.41. The maximum atomic E-state index is 11.8. The molecule has 0 aromatic heterocycles. The van der Waals surface area contributed by atoms with Crippen LogP contribution >= 0.6 is 0 Å². The van der Waals surface area contributed by atoms with Gasteiger partial charge >= 0.3 is 5.97 Å². The Morgan fingerprint density at radius 1 is 1.15 bits per heavy atom. The monoisotopic (exact) mass is 266 g/mol. The molecular formula is C18H18O2. The molecule has 1 rings (SSSR count). The number of allylic oxidation sites excluding steroid dienone is 4. The van der Waals surface area contributed by atoms with Gasteiger partial charge in [-0.3, -0.25) is 0 Å². The molecule has 0 N–H and O–H groups in total. The highest BCUT2D eigenvalue weighted by Gasteiger charge is 2.05. The predicted octanol–water partition coefficient (Wildman–Crippen LogP) is 4.10. The first-order valence-corrected chi connectivity index (χ1v) is 6.28. The molecule has 0 fully saturated rings. The third kappa shape index (κ3) is 5.83. The average Bonchev–Trinajstić information content (AvgIpc) is 2.49. The number of benzene rings is 1. The molecule has 1 aromatic carbocycles. The first kappa shape index (κ1) is 15.4. The predicted molar refractivity (Wildman–Crippen MR) is 84.1 cm³/mol. The van der Waals surface area contributed by atoms with E-state index in [0.29, 0.717) is 5.57 Å². The zero-order valence-electron chi connectivity index (χ0n) is 11.4. The lowest BCUT2D eigenvalue weighted by Crippen LogP contribution is -2.06. The van der Waals surface area contributed by atoms with Gasteiger partial charge in [-0.15, -0.1) is 0 Å². The summed E-state index contributed by atoms with van der Waals surface area (Å²) in [7, 11) is 0. The Kier molecular flexibility index (Phi) is 7.21. The Morgan fingerprint density at radius 3 is 2.55 bits per heavy atom. The maximum Gasteiger partial charge on any atom is 0.338 e. The third-order valence-electron chi connectivity index (χ3n) is 2.34. The van der Waals surface area contributed by atoms with Crippen molar-refractivity contribution in [1.82, 2.24) is 0 Å². The zero-order chi connectivity index (χ0) is 14.6. The molecular weight excluding hydrogens is 248 g/mol. The number of ether oxygens (including phenoxy) is 1. The molecule has 2 nitrogen and oxygen atoms in total. The van der Waals surface area contributed by atoms with Crippen LogP contribution in [0.5, 0.6) is 0 Å². The van der Waals surface area contributed by atoms with E-state index in [9.17, 15) is 4.79 Å². The van der Waals surface area contributed by atoms with E-state index in [0.717, 1.165) is 5.56 Å². The first-order valence-electron chi connectivity index (χ1n) is 6.28. The summed E-state index contributed by atoms with van der Waals surface area (Å²) in [5.41, 5.74) is 1.52. The van der Waals surface area contributed by atoms with Crippen molar-refractivity contribution >= 4 is 12.0 Å². The van der Waals surface area contributed by atoms with Gasteiger partial charge in [0.15, 0.2) is 0 Å². The zero-order valence-corrected chi connectivity index (χ0v) is 11.4.